The molecule has 0 saturated heterocycles. The Morgan fingerprint density at radius 2 is 2.17 bits per heavy atom. The van der Waals surface area contributed by atoms with Crippen LogP contribution in [0.25, 0.3) is 0 Å². The van der Waals surface area contributed by atoms with Crippen LogP contribution < -0.4 is 10.1 Å². The molecule has 0 amide bonds. The normalized spacial score (nSPS) is 14.5. The molecule has 1 aromatic rings. The minimum Gasteiger partial charge on any atom is -0.493 e. The predicted molar refractivity (Wildman–Crippen MR) is 68.7 cm³/mol. The molecule has 1 rings (SSSR count). The van der Waals surface area contributed by atoms with Crippen LogP contribution in [-0.4, -0.2) is 48.8 Å². The average molecular weight is 257 g/mol. The maximum absolute atomic E-state index is 10.5. The Balaban J connectivity index is 2.59. The number of aliphatic hydroxyl groups is 1. The quantitative estimate of drug-likeness (QED) is 0.654. The Hall–Kier alpha value is -1.11. The van der Waals surface area contributed by atoms with E-state index in [2.05, 4.69) is 10.4 Å². The first-order valence-electron chi connectivity index (χ1n) is 6.01. The summed E-state index contributed by atoms with van der Waals surface area (Å²) >= 11 is 0. The molecule has 0 radical (unpaired) electrons. The zero-order valence-electron chi connectivity index (χ0n) is 11.6. The van der Waals surface area contributed by atoms with Gasteiger partial charge in [0.25, 0.3) is 0 Å². The molecule has 104 valence electrons. The van der Waals surface area contributed by atoms with E-state index in [1.165, 1.54) is 0 Å². The number of aromatic nitrogens is 2. The van der Waals surface area contributed by atoms with Crippen LogP contribution in [0.3, 0.4) is 0 Å². The van der Waals surface area contributed by atoms with Gasteiger partial charge < -0.3 is 19.9 Å². The number of nitrogens with zero attached hydrogens (tertiary/aromatic N) is 2. The van der Waals surface area contributed by atoms with Gasteiger partial charge in [0.1, 0.15) is 11.3 Å². The molecular weight excluding hydrogens is 234 g/mol. The standard InChI is InChI=1S/C12H23N3O3/c1-12(16,5-6-13-7-8-17-3)11-10(18-4)9-14-15(11)2/h9,13,16H,5-8H2,1-4H3. The van der Waals surface area contributed by atoms with E-state index in [0.717, 1.165) is 6.54 Å². The molecule has 1 atom stereocenters. The van der Waals surface area contributed by atoms with Crippen LogP contribution in [0, 0.1) is 0 Å². The summed E-state index contributed by atoms with van der Waals surface area (Å²) in [6.45, 7) is 3.90. The van der Waals surface area contributed by atoms with Crippen LogP contribution >= 0.6 is 0 Å². The van der Waals surface area contributed by atoms with Crippen LogP contribution in [0.1, 0.15) is 19.0 Å². The minimum atomic E-state index is -0.976. The van der Waals surface area contributed by atoms with Crippen molar-refractivity contribution < 1.29 is 14.6 Å². The lowest BCUT2D eigenvalue weighted by atomic mass is 9.97. The topological polar surface area (TPSA) is 68.5 Å². The summed E-state index contributed by atoms with van der Waals surface area (Å²) in [5.41, 5.74) is -0.282. The van der Waals surface area contributed by atoms with Gasteiger partial charge in [0.05, 0.1) is 19.9 Å². The van der Waals surface area contributed by atoms with E-state index in [1.807, 2.05) is 0 Å². The number of hydrogen-bond donors (Lipinski definition) is 2. The van der Waals surface area contributed by atoms with Gasteiger partial charge >= 0.3 is 0 Å². The lowest BCUT2D eigenvalue weighted by molar-refractivity contribution is 0.0367. The average Bonchev–Trinajstić information content (AvgIpc) is 2.71. The second-order valence-electron chi connectivity index (χ2n) is 4.45. The highest BCUT2D eigenvalue weighted by Crippen LogP contribution is 2.31. The molecule has 0 saturated carbocycles. The van der Waals surface area contributed by atoms with Gasteiger partial charge in [-0.25, -0.2) is 0 Å². The highest BCUT2D eigenvalue weighted by atomic mass is 16.5. The molecule has 0 bridgehead atoms. The van der Waals surface area contributed by atoms with Gasteiger partial charge in [-0.3, -0.25) is 4.68 Å². The first kappa shape index (κ1) is 14.9. The number of nitrogens with one attached hydrogen (secondary N) is 1. The van der Waals surface area contributed by atoms with E-state index >= 15 is 0 Å². The van der Waals surface area contributed by atoms with E-state index in [1.54, 1.807) is 39.1 Å². The smallest absolute Gasteiger partial charge is 0.162 e. The first-order valence-corrected chi connectivity index (χ1v) is 6.01. The molecule has 6 nitrogen and oxygen atoms in total. The van der Waals surface area contributed by atoms with Crippen LogP contribution in [0.4, 0.5) is 0 Å². The van der Waals surface area contributed by atoms with Crippen LogP contribution in [0.15, 0.2) is 6.20 Å². The van der Waals surface area contributed by atoms with Gasteiger partial charge in [-0.2, -0.15) is 5.10 Å². The van der Waals surface area contributed by atoms with Crippen molar-refractivity contribution in [3.63, 3.8) is 0 Å². The highest BCUT2D eigenvalue weighted by Gasteiger charge is 2.30. The fourth-order valence-corrected chi connectivity index (χ4v) is 1.93. The van der Waals surface area contributed by atoms with Crippen molar-refractivity contribution in [3.05, 3.63) is 11.9 Å². The summed E-state index contributed by atoms with van der Waals surface area (Å²) in [7, 11) is 5.04. The van der Waals surface area contributed by atoms with Crippen molar-refractivity contribution in [1.29, 1.82) is 0 Å². The summed E-state index contributed by atoms with van der Waals surface area (Å²) in [6.07, 6.45) is 2.19. The first-order chi connectivity index (χ1) is 8.53. The predicted octanol–water partition coefficient (Wildman–Crippen LogP) is 0.262. The van der Waals surface area contributed by atoms with E-state index in [9.17, 15) is 5.11 Å². The number of methoxy groups -OCH3 is 2. The summed E-state index contributed by atoms with van der Waals surface area (Å²) < 4.78 is 11.8. The number of hydrogen-bond acceptors (Lipinski definition) is 5. The third-order valence-corrected chi connectivity index (χ3v) is 2.91. The van der Waals surface area contributed by atoms with E-state index in [-0.39, 0.29) is 0 Å². The van der Waals surface area contributed by atoms with Crippen molar-refractivity contribution in [3.8, 4) is 5.75 Å². The molecule has 1 heterocycles. The van der Waals surface area contributed by atoms with E-state index < -0.39 is 5.60 Å². The molecule has 6 heteroatoms. The van der Waals surface area contributed by atoms with E-state index in [4.69, 9.17) is 9.47 Å². The monoisotopic (exact) mass is 257 g/mol. The fourth-order valence-electron chi connectivity index (χ4n) is 1.93. The highest BCUT2D eigenvalue weighted by molar-refractivity contribution is 5.30. The van der Waals surface area contributed by atoms with Gasteiger partial charge in [-0.1, -0.05) is 0 Å². The Kier molecular flexibility index (Phi) is 5.58. The van der Waals surface area contributed by atoms with Crippen molar-refractivity contribution >= 4 is 0 Å². The molecular formula is C12H23N3O3. The molecule has 18 heavy (non-hydrogen) atoms. The second-order valence-corrected chi connectivity index (χ2v) is 4.45. The Morgan fingerprint density at radius 3 is 2.78 bits per heavy atom. The number of aryl methyl sites for hydroxylation is 1. The molecule has 0 aliphatic heterocycles. The summed E-state index contributed by atoms with van der Waals surface area (Å²) in [5, 5.41) is 17.8. The van der Waals surface area contributed by atoms with Crippen molar-refractivity contribution in [1.82, 2.24) is 15.1 Å². The lowest BCUT2D eigenvalue weighted by Crippen LogP contribution is -2.31. The Morgan fingerprint density at radius 1 is 1.44 bits per heavy atom. The third kappa shape index (κ3) is 3.69. The van der Waals surface area contributed by atoms with Crippen LogP contribution in [-0.2, 0) is 17.4 Å². The fraction of sp³-hybridized carbons (Fsp3) is 0.750. The van der Waals surface area contributed by atoms with Gasteiger partial charge in [-0.05, 0) is 19.9 Å². The Bertz CT molecular complexity index is 363. The van der Waals surface area contributed by atoms with Crippen molar-refractivity contribution in [2.24, 2.45) is 7.05 Å². The van der Waals surface area contributed by atoms with Crippen molar-refractivity contribution in [2.75, 3.05) is 33.9 Å². The van der Waals surface area contributed by atoms with Gasteiger partial charge in [0, 0.05) is 20.7 Å². The molecule has 1 aromatic heterocycles. The maximum atomic E-state index is 10.5. The summed E-state index contributed by atoms with van der Waals surface area (Å²) in [4.78, 5) is 0. The third-order valence-electron chi connectivity index (χ3n) is 2.91. The van der Waals surface area contributed by atoms with Gasteiger partial charge in [-0.15, -0.1) is 0 Å². The largest absolute Gasteiger partial charge is 0.493 e. The molecule has 0 spiro atoms. The summed E-state index contributed by atoms with van der Waals surface area (Å²) in [6, 6.07) is 0. The minimum absolute atomic E-state index is 0.576. The molecule has 0 aliphatic rings. The molecule has 0 fully saturated rings. The Labute approximate surface area is 108 Å². The molecule has 0 aliphatic carbocycles. The lowest BCUT2D eigenvalue weighted by Gasteiger charge is -2.24. The second kappa shape index (κ2) is 6.72. The van der Waals surface area contributed by atoms with Crippen molar-refractivity contribution in [2.45, 2.75) is 18.9 Å². The summed E-state index contributed by atoms with van der Waals surface area (Å²) in [5.74, 6) is 0.611. The molecule has 1 unspecified atom stereocenters. The molecule has 0 aromatic carbocycles. The SMILES string of the molecule is COCCNCCC(C)(O)c1c(OC)cnn1C. The number of ether oxygens (including phenoxy) is 2. The zero-order chi connectivity index (χ0) is 13.6. The van der Waals surface area contributed by atoms with Gasteiger partial charge in [0.2, 0.25) is 0 Å². The molecule has 2 N–H and O–H groups in total. The van der Waals surface area contributed by atoms with E-state index in [0.29, 0.717) is 31.0 Å². The van der Waals surface area contributed by atoms with Gasteiger partial charge in [0.15, 0.2) is 5.75 Å². The number of rotatable bonds is 8. The van der Waals surface area contributed by atoms with Crippen LogP contribution in [0.5, 0.6) is 5.75 Å². The van der Waals surface area contributed by atoms with Crippen LogP contribution in [0.2, 0.25) is 0 Å². The maximum Gasteiger partial charge on any atom is 0.162 e. The zero-order valence-corrected chi connectivity index (χ0v) is 11.6.